The van der Waals surface area contributed by atoms with Crippen LogP contribution in [0.4, 0.5) is 0 Å². The van der Waals surface area contributed by atoms with Gasteiger partial charge in [0.05, 0.1) is 23.2 Å². The van der Waals surface area contributed by atoms with Crippen LogP contribution in [-0.4, -0.2) is 18.3 Å². The largest absolute Gasteiger partial charge is 0.459 e. The Balaban J connectivity index is 2.08. The zero-order valence-corrected chi connectivity index (χ0v) is 13.2. The van der Waals surface area contributed by atoms with E-state index in [2.05, 4.69) is 12.6 Å². The summed E-state index contributed by atoms with van der Waals surface area (Å²) in [4.78, 5) is 0. The number of allylic oxidation sites excluding steroid dienone is 1. The molecule has 0 saturated carbocycles. The third-order valence-electron chi connectivity index (χ3n) is 4.45. The standard InChI is InChI=1S/C17H22BNO2/c1-13(14-9-7-6-8-10-14)15(12-19)11-18-20-16(2,3)17(4,5)21-18/h6-10,15H,1,11H2,2-5H3. The number of rotatable bonds is 4. The van der Waals surface area contributed by atoms with E-state index in [1.54, 1.807) is 0 Å². The van der Waals surface area contributed by atoms with E-state index in [0.717, 1.165) is 11.1 Å². The molecule has 1 unspecified atom stereocenters. The summed E-state index contributed by atoms with van der Waals surface area (Å²) in [6.45, 7) is 12.1. The minimum atomic E-state index is -0.375. The highest BCUT2D eigenvalue weighted by Gasteiger charge is 2.51. The van der Waals surface area contributed by atoms with Crippen molar-refractivity contribution >= 4 is 12.7 Å². The first-order valence-electron chi connectivity index (χ1n) is 7.26. The summed E-state index contributed by atoms with van der Waals surface area (Å²) in [6, 6.07) is 12.1. The van der Waals surface area contributed by atoms with Gasteiger partial charge in [-0.05, 0) is 38.8 Å². The third-order valence-corrected chi connectivity index (χ3v) is 4.45. The number of nitriles is 1. The van der Waals surface area contributed by atoms with Crippen LogP contribution in [0.5, 0.6) is 0 Å². The molecule has 110 valence electrons. The molecule has 0 radical (unpaired) electrons. The van der Waals surface area contributed by atoms with Crippen LogP contribution in [0.2, 0.25) is 6.32 Å². The van der Waals surface area contributed by atoms with Gasteiger partial charge in [-0.1, -0.05) is 36.9 Å². The summed E-state index contributed by atoms with van der Waals surface area (Å²) >= 11 is 0. The van der Waals surface area contributed by atoms with Gasteiger partial charge < -0.3 is 9.31 Å². The molecule has 3 nitrogen and oxygen atoms in total. The smallest absolute Gasteiger partial charge is 0.403 e. The van der Waals surface area contributed by atoms with Crippen LogP contribution in [0.15, 0.2) is 36.9 Å². The Morgan fingerprint density at radius 3 is 2.19 bits per heavy atom. The highest BCUT2D eigenvalue weighted by Crippen LogP contribution is 2.39. The zero-order chi connectivity index (χ0) is 15.7. The molecule has 0 spiro atoms. The monoisotopic (exact) mass is 283 g/mol. The van der Waals surface area contributed by atoms with Crippen LogP contribution < -0.4 is 0 Å². The number of hydrogen-bond donors (Lipinski definition) is 0. The maximum atomic E-state index is 9.46. The molecule has 1 fully saturated rings. The van der Waals surface area contributed by atoms with Crippen molar-refractivity contribution < 1.29 is 9.31 Å². The van der Waals surface area contributed by atoms with Crippen LogP contribution in [0, 0.1) is 17.2 Å². The first-order valence-corrected chi connectivity index (χ1v) is 7.26. The van der Waals surface area contributed by atoms with Crippen molar-refractivity contribution in [3.8, 4) is 6.07 Å². The maximum absolute atomic E-state index is 9.46. The first-order chi connectivity index (χ1) is 9.77. The van der Waals surface area contributed by atoms with Crippen molar-refractivity contribution in [3.05, 3.63) is 42.5 Å². The Morgan fingerprint density at radius 2 is 1.71 bits per heavy atom. The molecule has 1 heterocycles. The quantitative estimate of drug-likeness (QED) is 0.786. The minimum Gasteiger partial charge on any atom is -0.403 e. The summed E-state index contributed by atoms with van der Waals surface area (Å²) in [5.74, 6) is -0.318. The van der Waals surface area contributed by atoms with Gasteiger partial charge in [0.2, 0.25) is 0 Å². The molecule has 1 atom stereocenters. The summed E-state index contributed by atoms with van der Waals surface area (Å²) < 4.78 is 11.9. The molecule has 1 saturated heterocycles. The van der Waals surface area contributed by atoms with E-state index in [4.69, 9.17) is 9.31 Å². The van der Waals surface area contributed by atoms with Crippen LogP contribution in [-0.2, 0) is 9.31 Å². The Morgan fingerprint density at radius 1 is 1.19 bits per heavy atom. The normalized spacial score (nSPS) is 20.8. The van der Waals surface area contributed by atoms with Gasteiger partial charge in [-0.25, -0.2) is 0 Å². The lowest BCUT2D eigenvalue weighted by Crippen LogP contribution is -2.41. The van der Waals surface area contributed by atoms with E-state index >= 15 is 0 Å². The second-order valence-electron chi connectivity index (χ2n) is 6.49. The second kappa shape index (κ2) is 5.67. The fourth-order valence-corrected chi connectivity index (χ4v) is 2.38. The number of hydrogen-bond acceptors (Lipinski definition) is 3. The van der Waals surface area contributed by atoms with E-state index in [9.17, 15) is 5.26 Å². The molecule has 0 aliphatic carbocycles. The van der Waals surface area contributed by atoms with Crippen LogP contribution in [0.3, 0.4) is 0 Å². The van der Waals surface area contributed by atoms with Gasteiger partial charge >= 0.3 is 7.12 Å². The van der Waals surface area contributed by atoms with Gasteiger partial charge in [0.15, 0.2) is 0 Å². The minimum absolute atomic E-state index is 0.318. The molecule has 0 bridgehead atoms. The van der Waals surface area contributed by atoms with Gasteiger partial charge in [0.1, 0.15) is 0 Å². The van der Waals surface area contributed by atoms with Gasteiger partial charge in [0.25, 0.3) is 0 Å². The van der Waals surface area contributed by atoms with Crippen LogP contribution in [0.1, 0.15) is 33.3 Å². The molecule has 1 aromatic carbocycles. The molecular formula is C17H22BNO2. The molecule has 4 heteroatoms. The Bertz CT molecular complexity index is 544. The van der Waals surface area contributed by atoms with E-state index in [-0.39, 0.29) is 24.2 Å². The van der Waals surface area contributed by atoms with Gasteiger partial charge in [-0.15, -0.1) is 0 Å². The molecule has 1 aromatic rings. The predicted octanol–water partition coefficient (Wildman–Crippen LogP) is 3.93. The molecule has 0 aromatic heterocycles. The number of benzene rings is 1. The van der Waals surface area contributed by atoms with Gasteiger partial charge in [-0.2, -0.15) is 5.26 Å². The fourth-order valence-electron chi connectivity index (χ4n) is 2.38. The van der Waals surface area contributed by atoms with Crippen molar-refractivity contribution in [3.63, 3.8) is 0 Å². The van der Waals surface area contributed by atoms with Gasteiger partial charge in [-0.3, -0.25) is 0 Å². The SMILES string of the molecule is C=C(c1ccccc1)C(C#N)CB1OC(C)(C)C(C)(C)O1. The Hall–Kier alpha value is -1.57. The number of nitrogens with zero attached hydrogens (tertiary/aromatic N) is 1. The lowest BCUT2D eigenvalue weighted by atomic mass is 9.74. The highest BCUT2D eigenvalue weighted by molar-refractivity contribution is 6.45. The van der Waals surface area contributed by atoms with E-state index in [1.165, 1.54) is 0 Å². The summed E-state index contributed by atoms with van der Waals surface area (Å²) in [5, 5.41) is 9.46. The fraction of sp³-hybridized carbons (Fsp3) is 0.471. The molecular weight excluding hydrogens is 261 g/mol. The van der Waals surface area contributed by atoms with Crippen LogP contribution in [0.25, 0.3) is 5.57 Å². The van der Waals surface area contributed by atoms with Crippen molar-refractivity contribution in [2.45, 2.75) is 45.2 Å². The molecule has 1 aliphatic rings. The molecule has 2 rings (SSSR count). The summed E-state index contributed by atoms with van der Waals surface area (Å²) in [6.07, 6.45) is 0.497. The predicted molar refractivity (Wildman–Crippen MR) is 85.5 cm³/mol. The topological polar surface area (TPSA) is 42.2 Å². The third kappa shape index (κ3) is 3.20. The van der Waals surface area contributed by atoms with Crippen LogP contribution >= 0.6 is 0 Å². The zero-order valence-electron chi connectivity index (χ0n) is 13.2. The lowest BCUT2D eigenvalue weighted by molar-refractivity contribution is 0.00578. The molecule has 1 aliphatic heterocycles. The van der Waals surface area contributed by atoms with E-state index < -0.39 is 0 Å². The van der Waals surface area contributed by atoms with E-state index in [1.807, 2.05) is 58.0 Å². The second-order valence-corrected chi connectivity index (χ2v) is 6.49. The van der Waals surface area contributed by atoms with E-state index in [0.29, 0.717) is 6.32 Å². The molecule has 0 amide bonds. The maximum Gasteiger partial charge on any atom is 0.459 e. The van der Waals surface area contributed by atoms with Crippen molar-refractivity contribution in [2.75, 3.05) is 0 Å². The van der Waals surface area contributed by atoms with Crippen molar-refractivity contribution in [1.29, 1.82) is 5.26 Å². The summed E-state index contributed by atoms with van der Waals surface area (Å²) in [5.41, 5.74) is 1.06. The average Bonchev–Trinajstić information content (AvgIpc) is 2.64. The average molecular weight is 283 g/mol. The first kappa shape index (κ1) is 15.8. The lowest BCUT2D eigenvalue weighted by Gasteiger charge is -2.32. The van der Waals surface area contributed by atoms with Crippen molar-refractivity contribution in [2.24, 2.45) is 5.92 Å². The Labute approximate surface area is 127 Å². The summed E-state index contributed by atoms with van der Waals surface area (Å²) in [7, 11) is -0.375. The highest BCUT2D eigenvalue weighted by atomic mass is 16.7. The van der Waals surface area contributed by atoms with Crippen molar-refractivity contribution in [1.82, 2.24) is 0 Å². The molecule has 21 heavy (non-hydrogen) atoms. The van der Waals surface area contributed by atoms with Gasteiger partial charge in [0, 0.05) is 6.32 Å². The molecule has 0 N–H and O–H groups in total. The Kier molecular flexibility index (Phi) is 4.27.